The van der Waals surface area contributed by atoms with E-state index in [2.05, 4.69) is 21.0 Å². The Morgan fingerprint density at radius 1 is 1.00 bits per heavy atom. The predicted octanol–water partition coefficient (Wildman–Crippen LogP) is 1.78. The molecular weight excluding hydrogens is 226 g/mol. The minimum Gasteiger partial charge on any atom is -0.493 e. The second-order valence-corrected chi connectivity index (χ2v) is 4.84. The molecule has 0 heterocycles. The van der Waals surface area contributed by atoms with Gasteiger partial charge >= 0.3 is 0 Å². The molecule has 0 fully saturated rings. The van der Waals surface area contributed by atoms with E-state index in [1.807, 2.05) is 24.3 Å². The van der Waals surface area contributed by atoms with E-state index in [0.717, 1.165) is 50.5 Å². The van der Waals surface area contributed by atoms with Crippen LogP contribution in [0.1, 0.15) is 26.2 Å². The van der Waals surface area contributed by atoms with E-state index in [4.69, 9.17) is 9.47 Å². The molecule has 0 bridgehead atoms. The molecule has 0 atom stereocenters. The van der Waals surface area contributed by atoms with E-state index in [-0.39, 0.29) is 0 Å². The second kappa shape index (κ2) is 8.81. The van der Waals surface area contributed by atoms with Crippen molar-refractivity contribution < 1.29 is 14.4 Å². The van der Waals surface area contributed by atoms with Crippen molar-refractivity contribution in [2.24, 2.45) is 0 Å². The molecule has 0 radical (unpaired) electrons. The van der Waals surface area contributed by atoms with E-state index in [9.17, 15) is 0 Å². The van der Waals surface area contributed by atoms with Gasteiger partial charge in [-0.3, -0.25) is 0 Å². The van der Waals surface area contributed by atoms with Gasteiger partial charge < -0.3 is 14.4 Å². The Bertz CT molecular complexity index is 326. The average molecular weight is 252 g/mol. The van der Waals surface area contributed by atoms with E-state index in [1.54, 1.807) is 0 Å². The molecule has 0 unspecified atom stereocenters. The van der Waals surface area contributed by atoms with Crippen LogP contribution in [0.5, 0.6) is 11.5 Å². The summed E-state index contributed by atoms with van der Waals surface area (Å²) in [5.74, 6) is 1.80. The monoisotopic (exact) mass is 252 g/mol. The van der Waals surface area contributed by atoms with Crippen LogP contribution in [-0.4, -0.2) is 33.9 Å². The van der Waals surface area contributed by atoms with Crippen LogP contribution < -0.4 is 14.4 Å². The number of benzene rings is 1. The Kier molecular flexibility index (Phi) is 7.26. The highest BCUT2D eigenvalue weighted by atomic mass is 16.5. The third-order valence-corrected chi connectivity index (χ3v) is 2.66. The largest absolute Gasteiger partial charge is 0.493 e. The minimum atomic E-state index is 0.767. The lowest BCUT2D eigenvalue weighted by Gasteiger charge is -2.10. The summed E-state index contributed by atoms with van der Waals surface area (Å²) in [6, 6.07) is 7.91. The van der Waals surface area contributed by atoms with Crippen LogP contribution in [0.4, 0.5) is 0 Å². The minimum absolute atomic E-state index is 0.767. The van der Waals surface area contributed by atoms with Gasteiger partial charge in [0.2, 0.25) is 0 Å². The van der Waals surface area contributed by atoms with Gasteiger partial charge in [-0.15, -0.1) is 0 Å². The third kappa shape index (κ3) is 6.50. The Labute approximate surface area is 111 Å². The molecule has 0 spiro atoms. The summed E-state index contributed by atoms with van der Waals surface area (Å²) in [6.45, 7) is 4.84. The van der Waals surface area contributed by atoms with Gasteiger partial charge in [0.05, 0.1) is 33.9 Å². The number of hydrogen-bond donors (Lipinski definition) is 1. The van der Waals surface area contributed by atoms with Gasteiger partial charge in [-0.1, -0.05) is 19.4 Å². The second-order valence-electron chi connectivity index (χ2n) is 4.84. The van der Waals surface area contributed by atoms with Crippen LogP contribution in [0.25, 0.3) is 0 Å². The molecule has 1 aromatic carbocycles. The van der Waals surface area contributed by atoms with Gasteiger partial charge in [0.1, 0.15) is 11.5 Å². The van der Waals surface area contributed by atoms with Crippen molar-refractivity contribution in [1.82, 2.24) is 0 Å². The fourth-order valence-electron chi connectivity index (χ4n) is 1.60. The molecule has 0 saturated heterocycles. The van der Waals surface area contributed by atoms with Crippen LogP contribution in [0, 0.1) is 0 Å². The van der Waals surface area contributed by atoms with E-state index >= 15 is 0 Å². The molecule has 3 heteroatoms. The van der Waals surface area contributed by atoms with Crippen LogP contribution in [0.3, 0.4) is 0 Å². The highest BCUT2D eigenvalue weighted by Gasteiger charge is 1.99. The Hall–Kier alpha value is -1.22. The molecule has 0 aliphatic carbocycles. The molecule has 0 aliphatic rings. The number of nitrogens with one attached hydrogen (secondary N) is 1. The quantitative estimate of drug-likeness (QED) is 0.677. The summed E-state index contributed by atoms with van der Waals surface area (Å²) in [6.07, 6.45) is 3.32. The molecule has 0 saturated carbocycles. The smallest absolute Gasteiger partial charge is 0.122 e. The predicted molar refractivity (Wildman–Crippen MR) is 74.6 cm³/mol. The summed E-state index contributed by atoms with van der Waals surface area (Å²) in [4.78, 5) is 1.45. The summed E-state index contributed by atoms with van der Waals surface area (Å²) in [5, 5.41) is 0. The van der Waals surface area contributed by atoms with Crippen LogP contribution >= 0.6 is 0 Å². The fraction of sp³-hybridized carbons (Fsp3) is 0.600. The van der Waals surface area contributed by atoms with Crippen molar-refractivity contribution in [1.29, 1.82) is 0 Å². The first-order chi connectivity index (χ1) is 8.72. The van der Waals surface area contributed by atoms with Gasteiger partial charge in [0, 0.05) is 12.5 Å². The summed E-state index contributed by atoms with van der Waals surface area (Å²) in [7, 11) is 4.31. The molecule has 102 valence electrons. The molecule has 1 rings (SSSR count). The number of quaternary nitrogens is 1. The highest BCUT2D eigenvalue weighted by molar-refractivity contribution is 5.32. The van der Waals surface area contributed by atoms with Crippen LogP contribution in [0.2, 0.25) is 0 Å². The van der Waals surface area contributed by atoms with Gasteiger partial charge in [0.15, 0.2) is 0 Å². The first kappa shape index (κ1) is 14.8. The molecule has 0 aromatic heterocycles. The normalized spacial score (nSPS) is 10.7. The first-order valence-electron chi connectivity index (χ1n) is 6.87. The van der Waals surface area contributed by atoms with E-state index < -0.39 is 0 Å². The summed E-state index contributed by atoms with van der Waals surface area (Å²) < 4.78 is 11.4. The number of hydrogen-bond acceptors (Lipinski definition) is 2. The zero-order valence-electron chi connectivity index (χ0n) is 11.9. The molecular formula is C15H26NO2+. The molecule has 3 nitrogen and oxygen atoms in total. The summed E-state index contributed by atoms with van der Waals surface area (Å²) in [5.41, 5.74) is 0. The van der Waals surface area contributed by atoms with Crippen molar-refractivity contribution in [3.63, 3.8) is 0 Å². The van der Waals surface area contributed by atoms with Crippen molar-refractivity contribution >= 4 is 0 Å². The first-order valence-corrected chi connectivity index (χ1v) is 6.87. The van der Waals surface area contributed by atoms with Gasteiger partial charge in [0.25, 0.3) is 0 Å². The zero-order valence-corrected chi connectivity index (χ0v) is 11.9. The molecule has 1 aromatic rings. The van der Waals surface area contributed by atoms with Crippen molar-refractivity contribution in [3.8, 4) is 11.5 Å². The maximum absolute atomic E-state index is 5.71. The Morgan fingerprint density at radius 3 is 2.17 bits per heavy atom. The van der Waals surface area contributed by atoms with Crippen molar-refractivity contribution in [3.05, 3.63) is 24.3 Å². The van der Waals surface area contributed by atoms with Crippen molar-refractivity contribution in [2.75, 3.05) is 33.9 Å². The van der Waals surface area contributed by atoms with E-state index in [1.165, 1.54) is 4.90 Å². The van der Waals surface area contributed by atoms with Gasteiger partial charge in [-0.2, -0.15) is 0 Å². The maximum atomic E-state index is 5.71. The molecule has 0 aliphatic heterocycles. The lowest BCUT2D eigenvalue weighted by atomic mass is 10.3. The Balaban J connectivity index is 2.30. The fourth-order valence-corrected chi connectivity index (χ4v) is 1.60. The number of unbranched alkanes of at least 4 members (excludes halogenated alkanes) is 1. The Morgan fingerprint density at radius 2 is 1.61 bits per heavy atom. The highest BCUT2D eigenvalue weighted by Crippen LogP contribution is 2.19. The number of rotatable bonds is 9. The van der Waals surface area contributed by atoms with Gasteiger partial charge in [-0.05, 0) is 18.6 Å². The van der Waals surface area contributed by atoms with E-state index in [0.29, 0.717) is 0 Å². The number of ether oxygens (including phenoxy) is 2. The van der Waals surface area contributed by atoms with Crippen LogP contribution in [0.15, 0.2) is 24.3 Å². The lowest BCUT2D eigenvalue weighted by Crippen LogP contribution is -3.05. The third-order valence-electron chi connectivity index (χ3n) is 2.66. The maximum Gasteiger partial charge on any atom is 0.122 e. The molecule has 18 heavy (non-hydrogen) atoms. The molecule has 0 amide bonds. The molecule has 1 N–H and O–H groups in total. The average Bonchev–Trinajstić information content (AvgIpc) is 2.35. The standard InChI is InChI=1S/C15H25NO2/c1-4-5-11-17-14-8-6-9-15(13-14)18-12-7-10-16(2)3/h6,8-9,13H,4-5,7,10-12H2,1-3H3/p+1. The van der Waals surface area contributed by atoms with Crippen molar-refractivity contribution in [2.45, 2.75) is 26.2 Å². The topological polar surface area (TPSA) is 22.9 Å². The SMILES string of the molecule is CCCCOc1cccc(OCCC[NH+](C)C)c1. The van der Waals surface area contributed by atoms with Crippen LogP contribution in [-0.2, 0) is 0 Å². The zero-order chi connectivity index (χ0) is 13.2. The van der Waals surface area contributed by atoms with Gasteiger partial charge in [-0.25, -0.2) is 0 Å². The summed E-state index contributed by atoms with van der Waals surface area (Å²) >= 11 is 0. The lowest BCUT2D eigenvalue weighted by molar-refractivity contribution is -0.858.